The van der Waals surface area contributed by atoms with Crippen LogP contribution in [0.15, 0.2) is 0 Å². The van der Waals surface area contributed by atoms with Gasteiger partial charge in [0.2, 0.25) is 5.91 Å². The third kappa shape index (κ3) is 2.38. The summed E-state index contributed by atoms with van der Waals surface area (Å²) in [6.45, 7) is 6.84. The Balaban J connectivity index is 1.86. The van der Waals surface area contributed by atoms with Crippen LogP contribution in [0.3, 0.4) is 0 Å². The summed E-state index contributed by atoms with van der Waals surface area (Å²) in [5.74, 6) is 0.525. The van der Waals surface area contributed by atoms with E-state index in [2.05, 4.69) is 19.2 Å². The second kappa shape index (κ2) is 4.34. The van der Waals surface area contributed by atoms with Gasteiger partial charge in [-0.05, 0) is 33.2 Å². The van der Waals surface area contributed by atoms with E-state index in [1.807, 2.05) is 4.90 Å². The van der Waals surface area contributed by atoms with E-state index in [1.54, 1.807) is 7.11 Å². The zero-order valence-electron chi connectivity index (χ0n) is 10.5. The van der Waals surface area contributed by atoms with Crippen LogP contribution < -0.4 is 5.32 Å². The Kier molecular flexibility index (Phi) is 3.22. The highest BCUT2D eigenvalue weighted by Gasteiger charge is 2.38. The van der Waals surface area contributed by atoms with Crippen LogP contribution in [0.2, 0.25) is 0 Å². The Morgan fingerprint density at radius 3 is 2.69 bits per heavy atom. The van der Waals surface area contributed by atoms with Crippen molar-refractivity contribution < 1.29 is 9.53 Å². The molecule has 92 valence electrons. The minimum Gasteiger partial charge on any atom is -0.378 e. The zero-order chi connectivity index (χ0) is 11.8. The van der Waals surface area contributed by atoms with E-state index in [4.69, 9.17) is 4.74 Å². The highest BCUT2D eigenvalue weighted by molar-refractivity contribution is 5.80. The minimum atomic E-state index is 0.101. The van der Waals surface area contributed by atoms with Crippen LogP contribution in [0.1, 0.15) is 26.7 Å². The number of nitrogens with one attached hydrogen (secondary N) is 1. The molecule has 4 nitrogen and oxygen atoms in total. The van der Waals surface area contributed by atoms with E-state index in [9.17, 15) is 4.79 Å². The standard InChI is InChI=1S/C12H22N2O2/c1-12(2)6-9(4-5-13-12)11(15)14-7-10(8-14)16-3/h9-10,13H,4-8H2,1-3H3. The lowest BCUT2D eigenvalue weighted by Crippen LogP contribution is -2.58. The molecule has 2 aliphatic heterocycles. The first kappa shape index (κ1) is 11.9. The largest absolute Gasteiger partial charge is 0.378 e. The number of piperidine rings is 1. The first-order chi connectivity index (χ1) is 7.52. The average Bonchev–Trinajstić information content (AvgIpc) is 2.14. The molecule has 0 spiro atoms. The maximum absolute atomic E-state index is 12.2. The maximum atomic E-state index is 12.2. The van der Waals surface area contributed by atoms with E-state index in [0.717, 1.165) is 32.5 Å². The molecule has 1 N–H and O–H groups in total. The summed E-state index contributed by atoms with van der Waals surface area (Å²) >= 11 is 0. The lowest BCUT2D eigenvalue weighted by molar-refractivity contribution is -0.149. The van der Waals surface area contributed by atoms with Gasteiger partial charge in [0.25, 0.3) is 0 Å². The van der Waals surface area contributed by atoms with Crippen LogP contribution in [0.4, 0.5) is 0 Å². The quantitative estimate of drug-likeness (QED) is 0.750. The molecule has 4 heteroatoms. The Labute approximate surface area is 97.3 Å². The van der Waals surface area contributed by atoms with Crippen LogP contribution in [0.25, 0.3) is 0 Å². The van der Waals surface area contributed by atoms with E-state index < -0.39 is 0 Å². The first-order valence-corrected chi connectivity index (χ1v) is 6.08. The van der Waals surface area contributed by atoms with Gasteiger partial charge in [-0.2, -0.15) is 0 Å². The molecular formula is C12H22N2O2. The number of methoxy groups -OCH3 is 1. The molecule has 0 aliphatic carbocycles. The fraction of sp³-hybridized carbons (Fsp3) is 0.917. The van der Waals surface area contributed by atoms with Crippen LogP contribution in [-0.4, -0.2) is 49.2 Å². The molecule has 2 rings (SSSR count). The topological polar surface area (TPSA) is 41.6 Å². The number of likely N-dealkylation sites (tertiary alicyclic amines) is 1. The molecule has 1 unspecified atom stereocenters. The van der Waals surface area contributed by atoms with Gasteiger partial charge in [-0.1, -0.05) is 0 Å². The number of nitrogens with zero attached hydrogens (tertiary/aromatic N) is 1. The molecule has 0 aromatic carbocycles. The lowest BCUT2D eigenvalue weighted by atomic mass is 9.83. The number of carbonyl (C=O) groups is 1. The van der Waals surface area contributed by atoms with Crippen LogP contribution >= 0.6 is 0 Å². The van der Waals surface area contributed by atoms with Gasteiger partial charge in [0.05, 0.1) is 6.10 Å². The second-order valence-electron chi connectivity index (χ2n) is 5.60. The third-order valence-electron chi connectivity index (χ3n) is 3.70. The lowest BCUT2D eigenvalue weighted by Gasteiger charge is -2.43. The van der Waals surface area contributed by atoms with Crippen molar-refractivity contribution in [2.75, 3.05) is 26.7 Å². The van der Waals surface area contributed by atoms with Crippen molar-refractivity contribution in [3.05, 3.63) is 0 Å². The molecule has 0 radical (unpaired) electrons. The summed E-state index contributed by atoms with van der Waals surface area (Å²) in [7, 11) is 1.71. The Bertz CT molecular complexity index is 272. The third-order valence-corrected chi connectivity index (χ3v) is 3.70. The second-order valence-corrected chi connectivity index (χ2v) is 5.60. The predicted molar refractivity (Wildman–Crippen MR) is 62.2 cm³/mol. The average molecular weight is 226 g/mol. The Morgan fingerprint density at radius 2 is 2.12 bits per heavy atom. The van der Waals surface area contributed by atoms with Crippen molar-refractivity contribution in [1.82, 2.24) is 10.2 Å². The van der Waals surface area contributed by atoms with Crippen molar-refractivity contribution in [3.63, 3.8) is 0 Å². The molecule has 16 heavy (non-hydrogen) atoms. The maximum Gasteiger partial charge on any atom is 0.225 e. The van der Waals surface area contributed by atoms with Crippen LogP contribution in [0.5, 0.6) is 0 Å². The first-order valence-electron chi connectivity index (χ1n) is 6.08. The van der Waals surface area contributed by atoms with Crippen LogP contribution in [-0.2, 0) is 9.53 Å². The van der Waals surface area contributed by atoms with Gasteiger partial charge < -0.3 is 15.0 Å². The van der Waals surface area contributed by atoms with Gasteiger partial charge in [0.1, 0.15) is 0 Å². The number of amides is 1. The number of carbonyl (C=O) groups excluding carboxylic acids is 1. The van der Waals surface area contributed by atoms with Crippen molar-refractivity contribution in [2.45, 2.75) is 38.3 Å². The highest BCUT2D eigenvalue weighted by atomic mass is 16.5. The summed E-state index contributed by atoms with van der Waals surface area (Å²) < 4.78 is 5.19. The molecule has 0 aromatic rings. The van der Waals surface area contributed by atoms with Gasteiger partial charge in [-0.3, -0.25) is 4.79 Å². The Hall–Kier alpha value is -0.610. The van der Waals surface area contributed by atoms with Gasteiger partial charge in [0.15, 0.2) is 0 Å². The SMILES string of the molecule is COC1CN(C(=O)C2CCNC(C)(C)C2)C1. The monoisotopic (exact) mass is 226 g/mol. The van der Waals surface area contributed by atoms with E-state index in [1.165, 1.54) is 0 Å². The van der Waals surface area contributed by atoms with Crippen LogP contribution in [0, 0.1) is 5.92 Å². The van der Waals surface area contributed by atoms with Crippen molar-refractivity contribution in [1.29, 1.82) is 0 Å². The zero-order valence-corrected chi connectivity index (χ0v) is 10.5. The van der Waals surface area contributed by atoms with Crippen molar-refractivity contribution >= 4 is 5.91 Å². The van der Waals surface area contributed by atoms with Gasteiger partial charge >= 0.3 is 0 Å². The summed E-state index contributed by atoms with van der Waals surface area (Å²) in [5, 5.41) is 3.44. The normalized spacial score (nSPS) is 29.9. The minimum absolute atomic E-state index is 0.101. The summed E-state index contributed by atoms with van der Waals surface area (Å²) in [6, 6.07) is 0. The number of hydrogen-bond acceptors (Lipinski definition) is 3. The molecule has 2 heterocycles. The van der Waals surface area contributed by atoms with E-state index >= 15 is 0 Å². The van der Waals surface area contributed by atoms with Gasteiger partial charge in [0, 0.05) is 31.7 Å². The molecule has 0 saturated carbocycles. The highest BCUT2D eigenvalue weighted by Crippen LogP contribution is 2.27. The number of ether oxygens (including phenoxy) is 1. The molecule has 0 aromatic heterocycles. The molecule has 2 fully saturated rings. The molecular weight excluding hydrogens is 204 g/mol. The van der Waals surface area contributed by atoms with Gasteiger partial charge in [-0.15, -0.1) is 0 Å². The fourth-order valence-electron chi connectivity index (χ4n) is 2.61. The molecule has 2 aliphatic rings. The predicted octanol–water partition coefficient (Wildman–Crippen LogP) is 0.622. The Morgan fingerprint density at radius 1 is 1.44 bits per heavy atom. The number of hydrogen-bond donors (Lipinski definition) is 1. The summed E-state index contributed by atoms with van der Waals surface area (Å²) in [5.41, 5.74) is 0.101. The van der Waals surface area contributed by atoms with E-state index in [0.29, 0.717) is 5.91 Å². The number of rotatable bonds is 2. The van der Waals surface area contributed by atoms with Crippen molar-refractivity contribution in [3.8, 4) is 0 Å². The summed E-state index contributed by atoms with van der Waals surface area (Å²) in [6.07, 6.45) is 2.18. The molecule has 0 bridgehead atoms. The van der Waals surface area contributed by atoms with Crippen molar-refractivity contribution in [2.24, 2.45) is 5.92 Å². The molecule has 1 amide bonds. The van der Waals surface area contributed by atoms with Gasteiger partial charge in [-0.25, -0.2) is 0 Å². The van der Waals surface area contributed by atoms with E-state index in [-0.39, 0.29) is 17.6 Å². The molecule has 2 saturated heterocycles. The fourth-order valence-corrected chi connectivity index (χ4v) is 2.61. The molecule has 1 atom stereocenters. The summed E-state index contributed by atoms with van der Waals surface area (Å²) in [4.78, 5) is 14.1. The smallest absolute Gasteiger partial charge is 0.225 e.